The largest absolute Gasteiger partial charge is 0.573 e. The number of fused-ring (bicyclic) bond motifs is 1. The monoisotopic (exact) mass is 292 g/mol. The van der Waals surface area contributed by atoms with Crippen LogP contribution < -0.4 is 4.74 Å². The summed E-state index contributed by atoms with van der Waals surface area (Å²) in [6.45, 7) is 1.96. The van der Waals surface area contributed by atoms with Crippen molar-refractivity contribution >= 4 is 5.65 Å². The Labute approximate surface area is 118 Å². The molecule has 0 saturated carbocycles. The first-order chi connectivity index (χ1) is 9.92. The number of hydrogen-bond donors (Lipinski definition) is 0. The van der Waals surface area contributed by atoms with Crippen molar-refractivity contribution < 1.29 is 17.9 Å². The lowest BCUT2D eigenvalue weighted by Gasteiger charge is -2.08. The molecule has 0 amide bonds. The number of rotatable bonds is 2. The van der Waals surface area contributed by atoms with E-state index in [1.165, 1.54) is 12.1 Å². The lowest BCUT2D eigenvalue weighted by molar-refractivity contribution is -0.274. The molecule has 1 aromatic carbocycles. The van der Waals surface area contributed by atoms with Crippen LogP contribution in [0.3, 0.4) is 0 Å². The van der Waals surface area contributed by atoms with Crippen LogP contribution in [0.25, 0.3) is 16.9 Å². The van der Waals surface area contributed by atoms with Gasteiger partial charge in [-0.3, -0.25) is 0 Å². The Morgan fingerprint density at radius 2 is 1.76 bits per heavy atom. The maximum absolute atomic E-state index is 12.1. The van der Waals surface area contributed by atoms with Crippen molar-refractivity contribution in [3.63, 3.8) is 0 Å². The van der Waals surface area contributed by atoms with Crippen molar-refractivity contribution in [1.82, 2.24) is 9.38 Å². The van der Waals surface area contributed by atoms with Gasteiger partial charge in [-0.1, -0.05) is 6.07 Å². The van der Waals surface area contributed by atoms with E-state index in [1.54, 1.807) is 12.1 Å². The molecule has 2 heterocycles. The van der Waals surface area contributed by atoms with Gasteiger partial charge < -0.3 is 9.14 Å². The Morgan fingerprint density at radius 1 is 1.05 bits per heavy atom. The minimum atomic E-state index is -4.68. The highest BCUT2D eigenvalue weighted by atomic mass is 19.4. The number of nitrogens with zero attached hydrogens (tertiary/aromatic N) is 2. The fourth-order valence-corrected chi connectivity index (χ4v) is 2.11. The van der Waals surface area contributed by atoms with Crippen LogP contribution in [0.4, 0.5) is 13.2 Å². The Kier molecular flexibility index (Phi) is 3.08. The minimum absolute atomic E-state index is 0.244. The van der Waals surface area contributed by atoms with Gasteiger partial charge in [-0.15, -0.1) is 13.2 Å². The van der Waals surface area contributed by atoms with Crippen molar-refractivity contribution in [3.05, 3.63) is 54.4 Å². The van der Waals surface area contributed by atoms with Gasteiger partial charge >= 0.3 is 6.36 Å². The molecule has 0 aliphatic carbocycles. The molecule has 0 unspecified atom stereocenters. The molecule has 0 bridgehead atoms. The number of ether oxygens (including phenoxy) is 1. The number of alkyl halides is 3. The fourth-order valence-electron chi connectivity index (χ4n) is 2.11. The minimum Gasteiger partial charge on any atom is -0.406 e. The third kappa shape index (κ3) is 2.84. The smallest absolute Gasteiger partial charge is 0.406 e. The van der Waals surface area contributed by atoms with Gasteiger partial charge in [-0.2, -0.15) is 0 Å². The number of imidazole rings is 1. The number of pyridine rings is 1. The molecule has 0 atom stereocenters. The Bertz CT molecular complexity index is 776. The number of benzene rings is 1. The summed E-state index contributed by atoms with van der Waals surface area (Å²) in [7, 11) is 0. The van der Waals surface area contributed by atoms with Crippen LogP contribution in [0.2, 0.25) is 0 Å². The topological polar surface area (TPSA) is 26.5 Å². The zero-order valence-electron chi connectivity index (χ0n) is 11.1. The van der Waals surface area contributed by atoms with Crippen LogP contribution >= 0.6 is 0 Å². The van der Waals surface area contributed by atoms with Crippen molar-refractivity contribution in [1.29, 1.82) is 0 Å². The van der Waals surface area contributed by atoms with Crippen molar-refractivity contribution in [2.24, 2.45) is 0 Å². The summed E-state index contributed by atoms with van der Waals surface area (Å²) in [6.07, 6.45) is -2.83. The van der Waals surface area contributed by atoms with E-state index >= 15 is 0 Å². The molecule has 3 rings (SSSR count). The van der Waals surface area contributed by atoms with E-state index in [4.69, 9.17) is 0 Å². The quantitative estimate of drug-likeness (QED) is 0.707. The van der Waals surface area contributed by atoms with Gasteiger partial charge in [0.1, 0.15) is 11.4 Å². The highest BCUT2D eigenvalue weighted by Crippen LogP contribution is 2.26. The predicted molar refractivity (Wildman–Crippen MR) is 72.0 cm³/mol. The Hall–Kier alpha value is -2.50. The van der Waals surface area contributed by atoms with E-state index in [0.717, 1.165) is 16.9 Å². The molecule has 6 heteroatoms. The zero-order chi connectivity index (χ0) is 15.0. The molecule has 0 aliphatic rings. The lowest BCUT2D eigenvalue weighted by Crippen LogP contribution is -2.16. The summed E-state index contributed by atoms with van der Waals surface area (Å²) < 4.78 is 42.1. The van der Waals surface area contributed by atoms with Gasteiger partial charge in [0.15, 0.2) is 0 Å². The summed E-state index contributed by atoms with van der Waals surface area (Å²) >= 11 is 0. The van der Waals surface area contributed by atoms with Crippen LogP contribution in [0.15, 0.2) is 48.7 Å². The lowest BCUT2D eigenvalue weighted by atomic mass is 10.2. The average molecular weight is 292 g/mol. The standard InChI is InChI=1S/C15H11F3N2O/c1-10-3-2-4-14-19-13(9-20(10)14)11-5-7-12(8-6-11)21-15(16,17)18/h2-9H,1H3. The predicted octanol–water partition coefficient (Wildman–Crippen LogP) is 4.21. The Morgan fingerprint density at radius 3 is 2.38 bits per heavy atom. The van der Waals surface area contributed by atoms with Crippen LogP contribution in [-0.4, -0.2) is 15.7 Å². The third-order valence-corrected chi connectivity index (χ3v) is 3.08. The fraction of sp³-hybridized carbons (Fsp3) is 0.133. The summed E-state index contributed by atoms with van der Waals surface area (Å²) in [5, 5.41) is 0. The van der Waals surface area contributed by atoms with Gasteiger partial charge in [0.25, 0.3) is 0 Å². The van der Waals surface area contributed by atoms with Gasteiger partial charge in [0.05, 0.1) is 5.69 Å². The second-order valence-electron chi connectivity index (χ2n) is 4.59. The van der Waals surface area contributed by atoms with Gasteiger partial charge in [-0.05, 0) is 43.3 Å². The SMILES string of the molecule is Cc1cccc2nc(-c3ccc(OC(F)(F)F)cc3)cn12. The molecule has 0 fully saturated rings. The molecule has 3 nitrogen and oxygen atoms in total. The normalized spacial score (nSPS) is 11.8. The van der Waals surface area contributed by atoms with Crippen molar-refractivity contribution in [2.75, 3.05) is 0 Å². The molecule has 2 aromatic heterocycles. The molecule has 0 radical (unpaired) electrons. The Balaban J connectivity index is 1.94. The number of aromatic nitrogens is 2. The molecule has 108 valence electrons. The maximum Gasteiger partial charge on any atom is 0.573 e. The molecule has 3 aromatic rings. The summed E-state index contributed by atoms with van der Waals surface area (Å²) in [4.78, 5) is 4.45. The van der Waals surface area contributed by atoms with Crippen LogP contribution in [0, 0.1) is 6.92 Å². The first-order valence-corrected chi connectivity index (χ1v) is 6.23. The first kappa shape index (κ1) is 13.5. The zero-order valence-corrected chi connectivity index (χ0v) is 11.1. The molecule has 0 aliphatic heterocycles. The van der Waals surface area contributed by atoms with Crippen molar-refractivity contribution in [3.8, 4) is 17.0 Å². The molecule has 0 N–H and O–H groups in total. The highest BCUT2D eigenvalue weighted by Gasteiger charge is 2.30. The van der Waals surface area contributed by atoms with E-state index in [-0.39, 0.29) is 5.75 Å². The van der Waals surface area contributed by atoms with E-state index in [1.807, 2.05) is 35.7 Å². The second-order valence-corrected chi connectivity index (χ2v) is 4.59. The van der Waals surface area contributed by atoms with E-state index < -0.39 is 6.36 Å². The molecule has 21 heavy (non-hydrogen) atoms. The summed E-state index contributed by atoms with van der Waals surface area (Å²) in [5.41, 5.74) is 3.25. The molecule has 0 saturated heterocycles. The van der Waals surface area contributed by atoms with Gasteiger partial charge in [0, 0.05) is 17.5 Å². The highest BCUT2D eigenvalue weighted by molar-refractivity contribution is 5.63. The third-order valence-electron chi connectivity index (χ3n) is 3.08. The van der Waals surface area contributed by atoms with Crippen LogP contribution in [0.1, 0.15) is 5.69 Å². The summed E-state index contributed by atoms with van der Waals surface area (Å²) in [5.74, 6) is -0.244. The number of halogens is 3. The second kappa shape index (κ2) is 4.80. The molecular formula is C15H11F3N2O. The first-order valence-electron chi connectivity index (χ1n) is 6.23. The molecular weight excluding hydrogens is 281 g/mol. The van der Waals surface area contributed by atoms with E-state index in [2.05, 4.69) is 9.72 Å². The van der Waals surface area contributed by atoms with Crippen LogP contribution in [0.5, 0.6) is 5.75 Å². The molecule has 0 spiro atoms. The van der Waals surface area contributed by atoms with E-state index in [9.17, 15) is 13.2 Å². The van der Waals surface area contributed by atoms with Crippen LogP contribution in [-0.2, 0) is 0 Å². The van der Waals surface area contributed by atoms with Crippen molar-refractivity contribution in [2.45, 2.75) is 13.3 Å². The van der Waals surface area contributed by atoms with Gasteiger partial charge in [0.2, 0.25) is 0 Å². The van der Waals surface area contributed by atoms with E-state index in [0.29, 0.717) is 5.69 Å². The maximum atomic E-state index is 12.1. The van der Waals surface area contributed by atoms with Gasteiger partial charge in [-0.25, -0.2) is 4.98 Å². The number of aryl methyl sites for hydroxylation is 1. The number of hydrogen-bond acceptors (Lipinski definition) is 2. The average Bonchev–Trinajstić information content (AvgIpc) is 2.83. The summed E-state index contributed by atoms with van der Waals surface area (Å²) in [6, 6.07) is 11.4.